The topological polar surface area (TPSA) is 6.48 Å². The molecule has 0 N–H and O–H groups in total. The SMILES string of the molecule is C1=CCCC(N2C=CN3c4ccccc4SC23)=C1. The van der Waals surface area contributed by atoms with Crippen molar-refractivity contribution in [2.24, 2.45) is 0 Å². The van der Waals surface area contributed by atoms with E-state index in [-0.39, 0.29) is 0 Å². The third-order valence-electron chi connectivity index (χ3n) is 3.56. The summed E-state index contributed by atoms with van der Waals surface area (Å²) in [6.45, 7) is 0. The van der Waals surface area contributed by atoms with Crippen LogP contribution < -0.4 is 4.90 Å². The number of hydrogen-bond acceptors (Lipinski definition) is 3. The van der Waals surface area contributed by atoms with Gasteiger partial charge >= 0.3 is 0 Å². The van der Waals surface area contributed by atoms with Gasteiger partial charge in [0.1, 0.15) is 0 Å². The van der Waals surface area contributed by atoms with Gasteiger partial charge in [-0.15, -0.1) is 0 Å². The highest BCUT2D eigenvalue weighted by Gasteiger charge is 2.36. The lowest BCUT2D eigenvalue weighted by molar-refractivity contribution is 0.451. The number of fused-ring (bicyclic) bond motifs is 3. The molecule has 1 aromatic rings. The lowest BCUT2D eigenvalue weighted by Crippen LogP contribution is -2.32. The van der Waals surface area contributed by atoms with E-state index in [4.69, 9.17) is 0 Å². The van der Waals surface area contributed by atoms with E-state index in [1.54, 1.807) is 0 Å². The summed E-state index contributed by atoms with van der Waals surface area (Å²) in [5.41, 5.74) is 3.12. The highest BCUT2D eigenvalue weighted by molar-refractivity contribution is 8.00. The number of thioether (sulfide) groups is 1. The van der Waals surface area contributed by atoms with Crippen LogP contribution in [-0.2, 0) is 0 Å². The summed E-state index contributed by atoms with van der Waals surface area (Å²) in [5.74, 6) is 0. The average molecular weight is 254 g/mol. The standard InChI is InChI=1S/C15H14N2S/c1-2-6-12(7-3-1)16-10-11-17-13-8-4-5-9-14(13)18-15(16)17/h1-2,4-6,8-11,15H,3,7H2. The van der Waals surface area contributed by atoms with E-state index in [1.807, 2.05) is 11.8 Å². The zero-order valence-electron chi connectivity index (χ0n) is 9.99. The minimum atomic E-state index is 0.375. The van der Waals surface area contributed by atoms with E-state index in [9.17, 15) is 0 Å². The van der Waals surface area contributed by atoms with Crippen molar-refractivity contribution in [3.63, 3.8) is 0 Å². The van der Waals surface area contributed by atoms with Crippen molar-refractivity contribution in [2.45, 2.75) is 23.2 Å². The molecule has 0 fully saturated rings. The van der Waals surface area contributed by atoms with Crippen LogP contribution in [0.5, 0.6) is 0 Å². The molecule has 1 atom stereocenters. The summed E-state index contributed by atoms with van der Waals surface area (Å²) in [6, 6.07) is 8.64. The molecule has 0 radical (unpaired) electrons. The Morgan fingerprint density at radius 1 is 1.11 bits per heavy atom. The van der Waals surface area contributed by atoms with Gasteiger partial charge < -0.3 is 9.80 Å². The number of para-hydroxylation sites is 1. The van der Waals surface area contributed by atoms with E-state index in [0.29, 0.717) is 5.50 Å². The first-order valence-corrected chi connectivity index (χ1v) is 7.18. The van der Waals surface area contributed by atoms with E-state index in [1.165, 1.54) is 16.3 Å². The molecular weight excluding hydrogens is 240 g/mol. The maximum atomic E-state index is 2.40. The fourth-order valence-corrected chi connectivity index (χ4v) is 3.96. The second-order valence-electron chi connectivity index (χ2n) is 4.65. The molecule has 18 heavy (non-hydrogen) atoms. The molecule has 2 nitrogen and oxygen atoms in total. The van der Waals surface area contributed by atoms with E-state index < -0.39 is 0 Å². The number of benzene rings is 1. The largest absolute Gasteiger partial charge is 0.320 e. The minimum Gasteiger partial charge on any atom is -0.320 e. The minimum absolute atomic E-state index is 0.375. The Kier molecular flexibility index (Phi) is 2.27. The summed E-state index contributed by atoms with van der Waals surface area (Å²) in [7, 11) is 0. The molecule has 2 aliphatic heterocycles. The number of rotatable bonds is 1. The molecule has 90 valence electrons. The molecule has 1 aromatic carbocycles. The van der Waals surface area contributed by atoms with Crippen LogP contribution in [0.4, 0.5) is 5.69 Å². The Morgan fingerprint density at radius 2 is 2.00 bits per heavy atom. The van der Waals surface area contributed by atoms with Gasteiger partial charge in [0.05, 0.1) is 5.69 Å². The van der Waals surface area contributed by atoms with Gasteiger partial charge in [-0.2, -0.15) is 0 Å². The predicted molar refractivity (Wildman–Crippen MR) is 76.0 cm³/mol. The second kappa shape index (κ2) is 3.95. The lowest BCUT2D eigenvalue weighted by atomic mass is 10.1. The van der Waals surface area contributed by atoms with Crippen molar-refractivity contribution in [3.8, 4) is 0 Å². The summed E-state index contributed by atoms with van der Waals surface area (Å²) in [4.78, 5) is 6.14. The Bertz CT molecular complexity index is 574. The molecule has 0 bridgehead atoms. The van der Waals surface area contributed by atoms with Crippen LogP contribution in [0.1, 0.15) is 12.8 Å². The van der Waals surface area contributed by atoms with Crippen LogP contribution in [0.15, 0.2) is 65.5 Å². The van der Waals surface area contributed by atoms with Crippen LogP contribution in [0.3, 0.4) is 0 Å². The van der Waals surface area contributed by atoms with Crippen LogP contribution in [-0.4, -0.2) is 10.4 Å². The maximum Gasteiger partial charge on any atom is 0.162 e. The van der Waals surface area contributed by atoms with Crippen molar-refractivity contribution in [2.75, 3.05) is 4.90 Å². The number of anilines is 1. The van der Waals surface area contributed by atoms with Gasteiger partial charge in [0.15, 0.2) is 5.50 Å². The van der Waals surface area contributed by atoms with Gasteiger partial charge in [0.25, 0.3) is 0 Å². The van der Waals surface area contributed by atoms with Gasteiger partial charge in [0, 0.05) is 23.0 Å². The maximum absolute atomic E-state index is 2.40. The molecule has 0 spiro atoms. The molecule has 2 heterocycles. The summed E-state index contributed by atoms with van der Waals surface area (Å²) in [5, 5.41) is 0. The average Bonchev–Trinajstić information content (AvgIpc) is 2.98. The van der Waals surface area contributed by atoms with E-state index >= 15 is 0 Å². The molecule has 0 amide bonds. The Balaban J connectivity index is 1.68. The molecule has 0 aromatic heterocycles. The molecule has 4 rings (SSSR count). The smallest absolute Gasteiger partial charge is 0.162 e. The van der Waals surface area contributed by atoms with Crippen molar-refractivity contribution in [1.29, 1.82) is 0 Å². The zero-order valence-corrected chi connectivity index (χ0v) is 10.8. The normalized spacial score (nSPS) is 24.2. The van der Waals surface area contributed by atoms with E-state index in [2.05, 4.69) is 64.7 Å². The molecule has 0 saturated heterocycles. The van der Waals surface area contributed by atoms with Crippen LogP contribution in [0.25, 0.3) is 0 Å². The van der Waals surface area contributed by atoms with E-state index in [0.717, 1.165) is 12.8 Å². The van der Waals surface area contributed by atoms with Crippen molar-refractivity contribution < 1.29 is 0 Å². The highest BCUT2D eigenvalue weighted by atomic mass is 32.2. The van der Waals surface area contributed by atoms with Crippen molar-refractivity contribution in [3.05, 3.63) is 60.6 Å². The van der Waals surface area contributed by atoms with Crippen molar-refractivity contribution in [1.82, 2.24) is 4.90 Å². The Labute approximate surface area is 111 Å². The lowest BCUT2D eigenvalue weighted by Gasteiger charge is -2.28. The molecule has 1 unspecified atom stereocenters. The fourth-order valence-electron chi connectivity index (χ4n) is 2.66. The zero-order chi connectivity index (χ0) is 11.9. The quantitative estimate of drug-likeness (QED) is 0.750. The van der Waals surface area contributed by atoms with Gasteiger partial charge in [0.2, 0.25) is 0 Å². The fraction of sp³-hybridized carbons (Fsp3) is 0.200. The molecular formula is C15H14N2S. The van der Waals surface area contributed by atoms with Crippen LogP contribution in [0.2, 0.25) is 0 Å². The molecule has 3 heteroatoms. The third kappa shape index (κ3) is 1.44. The highest BCUT2D eigenvalue weighted by Crippen LogP contribution is 2.48. The number of allylic oxidation sites excluding steroid dienone is 4. The first-order valence-electron chi connectivity index (χ1n) is 6.30. The van der Waals surface area contributed by atoms with Crippen LogP contribution >= 0.6 is 11.8 Å². The summed E-state index contributed by atoms with van der Waals surface area (Å²) < 4.78 is 0. The Morgan fingerprint density at radius 3 is 2.89 bits per heavy atom. The number of nitrogens with zero attached hydrogens (tertiary/aromatic N) is 2. The first-order chi connectivity index (χ1) is 8.93. The van der Waals surface area contributed by atoms with Gasteiger partial charge in [-0.05, 0) is 31.1 Å². The first kappa shape index (κ1) is 10.3. The van der Waals surface area contributed by atoms with Crippen molar-refractivity contribution >= 4 is 17.4 Å². The number of hydrogen-bond donors (Lipinski definition) is 0. The third-order valence-corrected chi connectivity index (χ3v) is 4.83. The molecule has 3 aliphatic rings. The molecule has 1 aliphatic carbocycles. The summed E-state index contributed by atoms with van der Waals surface area (Å²) in [6.07, 6.45) is 13.3. The molecule has 0 saturated carbocycles. The predicted octanol–water partition coefficient (Wildman–Crippen LogP) is 3.90. The summed E-state index contributed by atoms with van der Waals surface area (Å²) >= 11 is 1.93. The van der Waals surface area contributed by atoms with Gasteiger partial charge in [-0.3, -0.25) is 0 Å². The second-order valence-corrected chi connectivity index (χ2v) is 5.75. The Hall–Kier alpha value is -1.61. The monoisotopic (exact) mass is 254 g/mol. The van der Waals surface area contributed by atoms with Gasteiger partial charge in [-0.1, -0.05) is 36.0 Å². The van der Waals surface area contributed by atoms with Gasteiger partial charge in [-0.25, -0.2) is 0 Å². The van der Waals surface area contributed by atoms with Crippen LogP contribution in [0, 0.1) is 0 Å².